The first-order valence-electron chi connectivity index (χ1n) is 13.0. The molecule has 1 unspecified atom stereocenters. The molecule has 32 heavy (non-hydrogen) atoms. The van der Waals surface area contributed by atoms with Gasteiger partial charge in [0.25, 0.3) is 0 Å². The molecule has 0 rings (SSSR count). The SMILES string of the molecule is CCCCCCCCCCCCCCCCCCCOC(=O)/C=C/C(=O)OC(C)C(C)=O. The lowest BCUT2D eigenvalue weighted by Gasteiger charge is -2.07. The minimum atomic E-state index is -0.807. The van der Waals surface area contributed by atoms with E-state index in [0.717, 1.165) is 25.0 Å². The van der Waals surface area contributed by atoms with Crippen LogP contribution in [-0.2, 0) is 23.9 Å². The van der Waals surface area contributed by atoms with E-state index in [1.165, 1.54) is 110 Å². The number of ketones is 1. The Morgan fingerprint density at radius 2 is 1.00 bits per heavy atom. The Hall–Kier alpha value is -1.65. The van der Waals surface area contributed by atoms with Gasteiger partial charge in [-0.05, 0) is 20.3 Å². The van der Waals surface area contributed by atoms with E-state index >= 15 is 0 Å². The van der Waals surface area contributed by atoms with Crippen molar-refractivity contribution < 1.29 is 23.9 Å². The summed E-state index contributed by atoms with van der Waals surface area (Å²) in [5.41, 5.74) is 0. The molecule has 0 N–H and O–H groups in total. The van der Waals surface area contributed by atoms with Crippen molar-refractivity contribution in [1.29, 1.82) is 0 Å². The minimum Gasteiger partial charge on any atom is -0.463 e. The van der Waals surface area contributed by atoms with Crippen LogP contribution in [0.2, 0.25) is 0 Å². The second-order valence-electron chi connectivity index (χ2n) is 8.85. The molecule has 186 valence electrons. The van der Waals surface area contributed by atoms with E-state index in [4.69, 9.17) is 9.47 Å². The molecule has 0 radical (unpaired) electrons. The molecule has 5 heteroatoms. The maximum Gasteiger partial charge on any atom is 0.331 e. The molecule has 1 atom stereocenters. The molecule has 0 saturated carbocycles. The van der Waals surface area contributed by atoms with Gasteiger partial charge in [0.2, 0.25) is 0 Å². The van der Waals surface area contributed by atoms with Gasteiger partial charge in [0.1, 0.15) is 0 Å². The molecule has 0 bridgehead atoms. The van der Waals surface area contributed by atoms with Gasteiger partial charge in [-0.25, -0.2) is 9.59 Å². The third-order valence-electron chi connectivity index (χ3n) is 5.71. The van der Waals surface area contributed by atoms with Crippen molar-refractivity contribution in [3.05, 3.63) is 12.2 Å². The number of carbonyl (C=O) groups is 3. The summed E-state index contributed by atoms with van der Waals surface area (Å²) in [6.45, 7) is 5.46. The van der Waals surface area contributed by atoms with Crippen molar-refractivity contribution in [1.82, 2.24) is 0 Å². The van der Waals surface area contributed by atoms with Crippen LogP contribution in [0, 0.1) is 0 Å². The average Bonchev–Trinajstić information content (AvgIpc) is 2.76. The highest BCUT2D eigenvalue weighted by Crippen LogP contribution is 2.14. The summed E-state index contributed by atoms with van der Waals surface area (Å²) in [4.78, 5) is 34.0. The van der Waals surface area contributed by atoms with E-state index in [1.807, 2.05) is 0 Å². The fraction of sp³-hybridized carbons (Fsp3) is 0.815. The zero-order valence-corrected chi connectivity index (χ0v) is 21.0. The molecule has 0 aliphatic heterocycles. The Labute approximate surface area is 196 Å². The zero-order valence-electron chi connectivity index (χ0n) is 21.0. The largest absolute Gasteiger partial charge is 0.463 e. The molecule has 0 saturated heterocycles. The number of esters is 2. The second-order valence-corrected chi connectivity index (χ2v) is 8.85. The summed E-state index contributed by atoms with van der Waals surface area (Å²) in [6.07, 6.45) is 23.5. The predicted octanol–water partition coefficient (Wildman–Crippen LogP) is 7.26. The lowest BCUT2D eigenvalue weighted by molar-refractivity contribution is -0.148. The smallest absolute Gasteiger partial charge is 0.331 e. The van der Waals surface area contributed by atoms with E-state index in [-0.39, 0.29) is 5.78 Å². The van der Waals surface area contributed by atoms with Crippen LogP contribution in [0.3, 0.4) is 0 Å². The van der Waals surface area contributed by atoms with Crippen molar-refractivity contribution in [2.75, 3.05) is 6.61 Å². The average molecular weight is 453 g/mol. The first-order chi connectivity index (χ1) is 15.5. The number of Topliss-reactive ketones (excluding diaryl/α,β-unsaturated/α-hetero) is 1. The number of hydrogen-bond donors (Lipinski definition) is 0. The fourth-order valence-corrected chi connectivity index (χ4v) is 3.48. The van der Waals surface area contributed by atoms with Crippen LogP contribution in [-0.4, -0.2) is 30.4 Å². The van der Waals surface area contributed by atoms with Gasteiger partial charge in [0.15, 0.2) is 11.9 Å². The number of carbonyl (C=O) groups excluding carboxylic acids is 3. The van der Waals surface area contributed by atoms with E-state index < -0.39 is 18.0 Å². The van der Waals surface area contributed by atoms with Crippen molar-refractivity contribution in [2.45, 2.75) is 136 Å². The van der Waals surface area contributed by atoms with Crippen LogP contribution >= 0.6 is 0 Å². The third kappa shape index (κ3) is 21.6. The first kappa shape index (κ1) is 30.4. The molecule has 0 aromatic heterocycles. The zero-order chi connectivity index (χ0) is 23.9. The molecule has 5 nitrogen and oxygen atoms in total. The van der Waals surface area contributed by atoms with E-state index in [0.29, 0.717) is 6.61 Å². The fourth-order valence-electron chi connectivity index (χ4n) is 3.48. The summed E-state index contributed by atoms with van der Waals surface area (Å²) in [5.74, 6) is -1.52. The van der Waals surface area contributed by atoms with Crippen LogP contribution in [0.5, 0.6) is 0 Å². The Kier molecular flexibility index (Phi) is 21.4. The maximum atomic E-state index is 11.6. The van der Waals surface area contributed by atoms with Crippen molar-refractivity contribution in [2.24, 2.45) is 0 Å². The maximum absolute atomic E-state index is 11.6. The molecule has 0 spiro atoms. The van der Waals surface area contributed by atoms with Crippen LogP contribution in [0.25, 0.3) is 0 Å². The van der Waals surface area contributed by atoms with Crippen molar-refractivity contribution >= 4 is 17.7 Å². The molecule has 0 aromatic carbocycles. The quantitative estimate of drug-likeness (QED) is 0.0982. The van der Waals surface area contributed by atoms with Gasteiger partial charge in [-0.2, -0.15) is 0 Å². The lowest BCUT2D eigenvalue weighted by Crippen LogP contribution is -2.20. The molecule has 0 fully saturated rings. The lowest BCUT2D eigenvalue weighted by atomic mass is 10.0. The van der Waals surface area contributed by atoms with Crippen molar-refractivity contribution in [3.8, 4) is 0 Å². The molecular weight excluding hydrogens is 404 g/mol. The highest BCUT2D eigenvalue weighted by atomic mass is 16.5. The van der Waals surface area contributed by atoms with Gasteiger partial charge in [-0.3, -0.25) is 4.79 Å². The van der Waals surface area contributed by atoms with Gasteiger partial charge in [-0.15, -0.1) is 0 Å². The monoisotopic (exact) mass is 452 g/mol. The van der Waals surface area contributed by atoms with Gasteiger partial charge in [0, 0.05) is 12.2 Å². The van der Waals surface area contributed by atoms with Crippen molar-refractivity contribution in [3.63, 3.8) is 0 Å². The van der Waals surface area contributed by atoms with E-state index in [9.17, 15) is 14.4 Å². The Bertz CT molecular complexity index is 512. The summed E-state index contributed by atoms with van der Waals surface area (Å²) in [5, 5.41) is 0. The second kappa shape index (κ2) is 22.5. The van der Waals surface area contributed by atoms with Gasteiger partial charge in [0.05, 0.1) is 6.61 Å². The first-order valence-corrected chi connectivity index (χ1v) is 13.0. The van der Waals surface area contributed by atoms with E-state index in [1.54, 1.807) is 0 Å². The summed E-state index contributed by atoms with van der Waals surface area (Å²) >= 11 is 0. The highest BCUT2D eigenvalue weighted by Gasteiger charge is 2.11. The van der Waals surface area contributed by atoms with Gasteiger partial charge in [-0.1, -0.05) is 110 Å². The molecule has 0 aromatic rings. The predicted molar refractivity (Wildman–Crippen MR) is 130 cm³/mol. The van der Waals surface area contributed by atoms with Crippen LogP contribution in [0.15, 0.2) is 12.2 Å². The third-order valence-corrected chi connectivity index (χ3v) is 5.71. The number of hydrogen-bond acceptors (Lipinski definition) is 5. The van der Waals surface area contributed by atoms with Crippen LogP contribution in [0.4, 0.5) is 0 Å². The number of unbranched alkanes of at least 4 members (excludes halogenated alkanes) is 16. The molecular formula is C27H48O5. The minimum absolute atomic E-state index is 0.242. The standard InChI is InChI=1S/C27H48O5/c1-4-5-6-7-8-9-10-11-12-13-14-15-16-17-18-19-20-23-31-26(29)21-22-27(30)32-25(3)24(2)28/h21-22,25H,4-20,23H2,1-3H3/b22-21+. The topological polar surface area (TPSA) is 69.7 Å². The Morgan fingerprint density at radius 3 is 1.41 bits per heavy atom. The summed E-state index contributed by atoms with van der Waals surface area (Å²) in [7, 11) is 0. The normalized spacial score (nSPS) is 12.1. The highest BCUT2D eigenvalue weighted by molar-refractivity contribution is 5.93. The van der Waals surface area contributed by atoms with Gasteiger partial charge >= 0.3 is 11.9 Å². The molecule has 0 aliphatic carbocycles. The number of ether oxygens (including phenoxy) is 2. The molecule has 0 heterocycles. The van der Waals surface area contributed by atoms with Crippen LogP contribution in [0.1, 0.15) is 130 Å². The summed E-state index contributed by atoms with van der Waals surface area (Å²) < 4.78 is 9.89. The number of rotatable bonds is 22. The molecule has 0 aliphatic rings. The Morgan fingerprint density at radius 1 is 0.625 bits per heavy atom. The van der Waals surface area contributed by atoms with E-state index in [2.05, 4.69) is 6.92 Å². The van der Waals surface area contributed by atoms with Gasteiger partial charge < -0.3 is 9.47 Å². The summed E-state index contributed by atoms with van der Waals surface area (Å²) in [6, 6.07) is 0. The molecule has 0 amide bonds. The van der Waals surface area contributed by atoms with Crippen LogP contribution < -0.4 is 0 Å². The Balaban J connectivity index is 3.35.